The number of benzene rings is 5. The maximum absolute atomic E-state index is 12.0. The number of nitrogens with zero attached hydrogens (tertiary/aromatic N) is 1. The van der Waals surface area contributed by atoms with E-state index in [1.165, 1.54) is 0 Å². The van der Waals surface area contributed by atoms with Gasteiger partial charge in [0.1, 0.15) is 5.75 Å². The van der Waals surface area contributed by atoms with Crippen LogP contribution in [0.2, 0.25) is 0 Å². The summed E-state index contributed by atoms with van der Waals surface area (Å²) < 4.78 is 0. The zero-order valence-electron chi connectivity index (χ0n) is 13.6. The molecule has 0 unspecified atom stereocenters. The molecule has 0 radical (unpaired) electrons. The second-order valence-electron chi connectivity index (χ2n) is 6.67. The van der Waals surface area contributed by atoms with Crippen LogP contribution in [0, 0.1) is 0 Å². The molecule has 0 aliphatic heterocycles. The summed E-state index contributed by atoms with van der Waals surface area (Å²) in [5, 5.41) is 18.1. The molecular formula is C22H12N2O2. The Morgan fingerprint density at radius 3 is 2.38 bits per heavy atom. The fourth-order valence-electron chi connectivity index (χ4n) is 4.27. The van der Waals surface area contributed by atoms with Crippen LogP contribution >= 0.6 is 0 Å². The van der Waals surface area contributed by atoms with Crippen LogP contribution in [0.4, 0.5) is 0 Å². The van der Waals surface area contributed by atoms with Crippen LogP contribution < -0.4 is 5.43 Å². The standard InChI is InChI=1S/C22H12N2O2/c25-11-4-6-15-17(8-11)13-2-1-3-14-18-9-12(26)5-7-16(18)22-20(19(13)14)21(15)23-10-24-22/h1-10,25H,(H,23,24). The highest BCUT2D eigenvalue weighted by Crippen LogP contribution is 2.43. The van der Waals surface area contributed by atoms with Crippen LogP contribution in [0.5, 0.6) is 5.75 Å². The van der Waals surface area contributed by atoms with Crippen LogP contribution in [-0.4, -0.2) is 15.1 Å². The van der Waals surface area contributed by atoms with E-state index in [1.807, 2.05) is 24.3 Å². The van der Waals surface area contributed by atoms with Gasteiger partial charge in [-0.25, -0.2) is 4.98 Å². The number of hydrogen-bond acceptors (Lipinski definition) is 3. The van der Waals surface area contributed by atoms with E-state index in [0.29, 0.717) is 0 Å². The minimum absolute atomic E-state index is 0.00654. The van der Waals surface area contributed by atoms with Gasteiger partial charge in [-0.05, 0) is 57.9 Å². The average molecular weight is 336 g/mol. The van der Waals surface area contributed by atoms with Crippen molar-refractivity contribution in [3.63, 3.8) is 0 Å². The lowest BCUT2D eigenvalue weighted by atomic mass is 9.89. The summed E-state index contributed by atoms with van der Waals surface area (Å²) in [6.07, 6.45) is 1.69. The monoisotopic (exact) mass is 336 g/mol. The van der Waals surface area contributed by atoms with Crippen molar-refractivity contribution in [2.75, 3.05) is 0 Å². The van der Waals surface area contributed by atoms with Gasteiger partial charge in [0, 0.05) is 21.5 Å². The summed E-state index contributed by atoms with van der Waals surface area (Å²) in [7, 11) is 0. The molecule has 0 aliphatic rings. The number of phenols is 1. The largest absolute Gasteiger partial charge is 0.508 e. The van der Waals surface area contributed by atoms with E-state index in [1.54, 1.807) is 30.6 Å². The molecule has 1 aromatic heterocycles. The van der Waals surface area contributed by atoms with E-state index in [4.69, 9.17) is 0 Å². The molecular weight excluding hydrogens is 324 g/mol. The van der Waals surface area contributed by atoms with Gasteiger partial charge < -0.3 is 10.1 Å². The molecule has 0 saturated carbocycles. The van der Waals surface area contributed by atoms with Crippen molar-refractivity contribution in [2.24, 2.45) is 0 Å². The van der Waals surface area contributed by atoms with Crippen molar-refractivity contribution >= 4 is 54.1 Å². The third kappa shape index (κ3) is 1.54. The molecule has 0 bridgehead atoms. The van der Waals surface area contributed by atoms with Crippen molar-refractivity contribution in [3.8, 4) is 5.75 Å². The van der Waals surface area contributed by atoms with Gasteiger partial charge >= 0.3 is 0 Å². The van der Waals surface area contributed by atoms with Crippen molar-refractivity contribution < 1.29 is 5.11 Å². The predicted molar refractivity (Wildman–Crippen MR) is 105 cm³/mol. The van der Waals surface area contributed by atoms with Gasteiger partial charge in [-0.1, -0.05) is 18.2 Å². The van der Waals surface area contributed by atoms with Crippen LogP contribution in [0.3, 0.4) is 0 Å². The number of aromatic hydroxyl groups is 1. The summed E-state index contributed by atoms with van der Waals surface area (Å²) in [5.74, 6) is 0.227. The molecule has 0 fully saturated rings. The molecule has 0 saturated heterocycles. The molecule has 122 valence electrons. The maximum atomic E-state index is 12.0. The predicted octanol–water partition coefficient (Wildman–Crippen LogP) is 4.68. The summed E-state index contributed by atoms with van der Waals surface area (Å²) in [5.41, 5.74) is 1.86. The van der Waals surface area contributed by atoms with E-state index >= 15 is 0 Å². The van der Waals surface area contributed by atoms with E-state index in [9.17, 15) is 9.90 Å². The highest BCUT2D eigenvalue weighted by molar-refractivity contribution is 6.38. The molecule has 2 N–H and O–H groups in total. The molecule has 0 amide bonds. The number of nitrogens with one attached hydrogen (secondary N) is 1. The molecule has 0 aliphatic carbocycles. The topological polar surface area (TPSA) is 66.0 Å². The first-order chi connectivity index (χ1) is 12.7. The van der Waals surface area contributed by atoms with Crippen LogP contribution in [0.25, 0.3) is 54.1 Å². The Bertz CT molecular complexity index is 1560. The number of H-pyrrole nitrogens is 1. The molecule has 26 heavy (non-hydrogen) atoms. The fourth-order valence-corrected chi connectivity index (χ4v) is 4.27. The maximum Gasteiger partial charge on any atom is 0.179 e. The molecule has 4 nitrogen and oxygen atoms in total. The van der Waals surface area contributed by atoms with Crippen molar-refractivity contribution in [2.45, 2.75) is 0 Å². The van der Waals surface area contributed by atoms with Crippen molar-refractivity contribution in [3.05, 3.63) is 71.1 Å². The van der Waals surface area contributed by atoms with Gasteiger partial charge in [-0.2, -0.15) is 0 Å². The van der Waals surface area contributed by atoms with Gasteiger partial charge in [-0.3, -0.25) is 4.79 Å². The Kier molecular flexibility index (Phi) is 2.35. The molecule has 5 aromatic carbocycles. The SMILES string of the molecule is O=c1ccc2c(c1)c1cccc3c4cc(O)ccc4c4nc[nH]c2c4c31. The third-order valence-corrected chi connectivity index (χ3v) is 5.30. The van der Waals surface area contributed by atoms with Gasteiger partial charge in [0.05, 0.1) is 17.4 Å². The number of fused-ring (bicyclic) bond motifs is 6. The molecule has 6 rings (SSSR count). The van der Waals surface area contributed by atoms with Crippen LogP contribution in [-0.2, 0) is 0 Å². The van der Waals surface area contributed by atoms with Gasteiger partial charge in [-0.15, -0.1) is 0 Å². The van der Waals surface area contributed by atoms with E-state index in [2.05, 4.69) is 16.0 Å². The lowest BCUT2D eigenvalue weighted by molar-refractivity contribution is 0.476. The van der Waals surface area contributed by atoms with Crippen molar-refractivity contribution in [1.29, 1.82) is 0 Å². The summed E-state index contributed by atoms with van der Waals surface area (Å²) >= 11 is 0. The quantitative estimate of drug-likeness (QED) is 0.313. The first kappa shape index (κ1) is 13.6. The lowest BCUT2D eigenvalue weighted by Crippen LogP contribution is -1.98. The zero-order chi connectivity index (χ0) is 17.4. The Morgan fingerprint density at radius 2 is 1.54 bits per heavy atom. The molecule has 0 spiro atoms. The van der Waals surface area contributed by atoms with Crippen LogP contribution in [0.15, 0.2) is 65.7 Å². The van der Waals surface area contributed by atoms with Gasteiger partial charge in [0.25, 0.3) is 0 Å². The highest BCUT2D eigenvalue weighted by atomic mass is 16.3. The van der Waals surface area contributed by atoms with Crippen molar-refractivity contribution in [1.82, 2.24) is 9.97 Å². The molecule has 6 aromatic rings. The fraction of sp³-hybridized carbons (Fsp3) is 0. The minimum atomic E-state index is -0.00654. The number of phenolic OH excluding ortho intramolecular Hbond substituents is 1. The van der Waals surface area contributed by atoms with E-state index < -0.39 is 0 Å². The van der Waals surface area contributed by atoms with Crippen LogP contribution in [0.1, 0.15) is 0 Å². The first-order valence-corrected chi connectivity index (χ1v) is 8.42. The van der Waals surface area contributed by atoms with Gasteiger partial charge in [0.2, 0.25) is 0 Å². The van der Waals surface area contributed by atoms with Gasteiger partial charge in [0.15, 0.2) is 5.43 Å². The second kappa shape index (κ2) is 4.49. The lowest BCUT2D eigenvalue weighted by Gasteiger charge is -2.16. The Hall–Kier alpha value is -3.66. The van der Waals surface area contributed by atoms with E-state index in [-0.39, 0.29) is 11.2 Å². The second-order valence-corrected chi connectivity index (χ2v) is 6.67. The highest BCUT2D eigenvalue weighted by Gasteiger charge is 2.17. The average Bonchev–Trinajstić information content (AvgIpc) is 2.67. The Morgan fingerprint density at radius 1 is 0.769 bits per heavy atom. The number of aromatic amines is 1. The third-order valence-electron chi connectivity index (χ3n) is 5.30. The molecule has 1 heterocycles. The number of rotatable bonds is 0. The van der Waals surface area contributed by atoms with E-state index in [0.717, 1.165) is 54.1 Å². The zero-order valence-corrected chi connectivity index (χ0v) is 13.6. The first-order valence-electron chi connectivity index (χ1n) is 8.42. The smallest absolute Gasteiger partial charge is 0.179 e. The normalized spacial score (nSPS) is 12.2. The summed E-state index contributed by atoms with van der Waals surface area (Å²) in [6.45, 7) is 0. The summed E-state index contributed by atoms with van der Waals surface area (Å²) in [4.78, 5) is 19.9. The molecule has 4 heteroatoms. The minimum Gasteiger partial charge on any atom is -0.508 e. The Labute approximate surface area is 146 Å². The summed E-state index contributed by atoms with van der Waals surface area (Å²) in [6, 6.07) is 16.7. The molecule has 0 atom stereocenters. The number of aromatic nitrogens is 2. The number of hydrogen-bond donors (Lipinski definition) is 2. The Balaban J connectivity index is 2.12.